The quantitative estimate of drug-likeness (QED) is 0.472. The molecule has 0 aliphatic rings. The Hall–Kier alpha value is -3.86. The van der Waals surface area contributed by atoms with Gasteiger partial charge in [-0.1, -0.05) is 66.7 Å². The van der Waals surface area contributed by atoms with Crippen LogP contribution in [0.5, 0.6) is 5.75 Å². The Labute approximate surface area is 175 Å². The summed E-state index contributed by atoms with van der Waals surface area (Å²) in [5.74, 6) is 0.707. The predicted molar refractivity (Wildman–Crippen MR) is 117 cm³/mol. The zero-order chi connectivity index (χ0) is 20.6. The van der Waals surface area contributed by atoms with Crippen LogP contribution in [0.25, 0.3) is 16.9 Å². The molecule has 30 heavy (non-hydrogen) atoms. The molecule has 1 N–H and O–H groups in total. The fraction of sp³-hybridized carbons (Fsp3) is 0.120. The first-order valence-corrected chi connectivity index (χ1v) is 9.93. The first kappa shape index (κ1) is 19.5. The number of amides is 1. The summed E-state index contributed by atoms with van der Waals surface area (Å²) in [6.45, 7) is 0.742. The van der Waals surface area contributed by atoms with E-state index in [0.717, 1.165) is 28.3 Å². The van der Waals surface area contributed by atoms with Crippen molar-refractivity contribution >= 4 is 5.91 Å². The zero-order valence-corrected chi connectivity index (χ0v) is 16.6. The van der Waals surface area contributed by atoms with E-state index < -0.39 is 0 Å². The molecule has 1 amide bonds. The number of rotatable bonds is 8. The van der Waals surface area contributed by atoms with E-state index in [1.54, 1.807) is 0 Å². The van der Waals surface area contributed by atoms with Crippen molar-refractivity contribution in [3.05, 3.63) is 103 Å². The molecule has 1 heterocycles. The van der Waals surface area contributed by atoms with Gasteiger partial charge in [0, 0.05) is 23.9 Å². The van der Waals surface area contributed by atoms with E-state index in [9.17, 15) is 4.79 Å². The van der Waals surface area contributed by atoms with Crippen LogP contribution in [0.15, 0.2) is 97.2 Å². The van der Waals surface area contributed by atoms with Gasteiger partial charge in [-0.3, -0.25) is 4.79 Å². The van der Waals surface area contributed by atoms with Gasteiger partial charge in [-0.2, -0.15) is 5.10 Å². The number of hydrogen-bond donors (Lipinski definition) is 1. The Kier molecular flexibility index (Phi) is 6.20. The molecule has 0 atom stereocenters. The molecule has 1 aromatic heterocycles. The summed E-state index contributed by atoms with van der Waals surface area (Å²) >= 11 is 0. The molecule has 4 aromatic rings. The van der Waals surface area contributed by atoms with E-state index in [-0.39, 0.29) is 5.91 Å². The summed E-state index contributed by atoms with van der Waals surface area (Å²) in [6.07, 6.45) is 2.26. The summed E-state index contributed by atoms with van der Waals surface area (Å²) in [5, 5.41) is 7.76. The van der Waals surface area contributed by atoms with Crippen LogP contribution in [0.2, 0.25) is 0 Å². The number of nitrogens with zero attached hydrogens (tertiary/aromatic N) is 2. The van der Waals surface area contributed by atoms with E-state index in [2.05, 4.69) is 5.32 Å². The molecule has 0 aliphatic heterocycles. The number of carbonyl (C=O) groups excluding carboxylic acids is 1. The molecule has 0 saturated carbocycles. The lowest BCUT2D eigenvalue weighted by Gasteiger charge is -2.07. The van der Waals surface area contributed by atoms with Crippen LogP contribution in [0.1, 0.15) is 12.0 Å². The fourth-order valence-electron chi connectivity index (χ4n) is 3.15. The average molecular weight is 397 g/mol. The lowest BCUT2D eigenvalue weighted by atomic mass is 10.1. The zero-order valence-electron chi connectivity index (χ0n) is 16.6. The van der Waals surface area contributed by atoms with E-state index in [4.69, 9.17) is 9.84 Å². The maximum absolute atomic E-state index is 12.3. The van der Waals surface area contributed by atoms with Gasteiger partial charge in [0.1, 0.15) is 5.75 Å². The molecule has 0 saturated heterocycles. The summed E-state index contributed by atoms with van der Waals surface area (Å²) in [4.78, 5) is 12.3. The van der Waals surface area contributed by atoms with Crippen molar-refractivity contribution < 1.29 is 9.53 Å². The second-order valence-electron chi connectivity index (χ2n) is 6.84. The number of hydrogen-bond acceptors (Lipinski definition) is 3. The van der Waals surface area contributed by atoms with Gasteiger partial charge in [-0.25, -0.2) is 4.68 Å². The summed E-state index contributed by atoms with van der Waals surface area (Å²) in [7, 11) is 0. The van der Waals surface area contributed by atoms with Crippen LogP contribution in [0.3, 0.4) is 0 Å². The third kappa shape index (κ3) is 4.94. The smallest absolute Gasteiger partial charge is 0.223 e. The molecule has 0 spiro atoms. The highest BCUT2D eigenvalue weighted by Crippen LogP contribution is 2.23. The van der Waals surface area contributed by atoms with Crippen molar-refractivity contribution in [2.24, 2.45) is 0 Å². The molecule has 0 fully saturated rings. The number of nitrogens with one attached hydrogen (secondary N) is 1. The number of aromatic nitrogens is 2. The van der Waals surface area contributed by atoms with Gasteiger partial charge in [0.2, 0.25) is 5.91 Å². The van der Waals surface area contributed by atoms with E-state index in [1.807, 2.05) is 102 Å². The highest BCUT2D eigenvalue weighted by Gasteiger charge is 2.13. The van der Waals surface area contributed by atoms with Gasteiger partial charge in [-0.15, -0.1) is 0 Å². The van der Waals surface area contributed by atoms with Gasteiger partial charge < -0.3 is 10.1 Å². The van der Waals surface area contributed by atoms with Gasteiger partial charge in [-0.05, 0) is 24.3 Å². The van der Waals surface area contributed by atoms with Crippen LogP contribution in [-0.4, -0.2) is 22.3 Å². The van der Waals surface area contributed by atoms with E-state index in [0.29, 0.717) is 19.6 Å². The largest absolute Gasteiger partial charge is 0.493 e. The van der Waals surface area contributed by atoms with Crippen LogP contribution in [0, 0.1) is 0 Å². The Morgan fingerprint density at radius 2 is 1.50 bits per heavy atom. The monoisotopic (exact) mass is 397 g/mol. The molecule has 5 nitrogen and oxygen atoms in total. The van der Waals surface area contributed by atoms with Crippen molar-refractivity contribution in [2.45, 2.75) is 13.0 Å². The van der Waals surface area contributed by atoms with Crippen LogP contribution in [0.4, 0.5) is 0 Å². The van der Waals surface area contributed by atoms with Crippen LogP contribution in [-0.2, 0) is 11.3 Å². The first-order chi connectivity index (χ1) is 14.8. The molecule has 3 aromatic carbocycles. The van der Waals surface area contributed by atoms with Gasteiger partial charge >= 0.3 is 0 Å². The van der Waals surface area contributed by atoms with Crippen molar-refractivity contribution in [1.29, 1.82) is 0 Å². The number of benzene rings is 3. The van der Waals surface area contributed by atoms with Gasteiger partial charge in [0.15, 0.2) is 0 Å². The Morgan fingerprint density at radius 3 is 2.20 bits per heavy atom. The summed E-state index contributed by atoms with van der Waals surface area (Å²) in [5.41, 5.74) is 3.81. The molecule has 0 unspecified atom stereocenters. The van der Waals surface area contributed by atoms with E-state index >= 15 is 0 Å². The molecular formula is C25H23N3O2. The highest BCUT2D eigenvalue weighted by atomic mass is 16.5. The molecular weight excluding hydrogens is 374 g/mol. The molecule has 0 aliphatic carbocycles. The number of carbonyl (C=O) groups is 1. The Balaban J connectivity index is 1.43. The third-order valence-electron chi connectivity index (χ3n) is 4.68. The third-order valence-corrected chi connectivity index (χ3v) is 4.68. The fourth-order valence-corrected chi connectivity index (χ4v) is 3.15. The SMILES string of the molecule is O=C(CCOc1ccccc1)NCc1cn(-c2ccccc2)nc1-c1ccccc1. The Morgan fingerprint density at radius 1 is 0.867 bits per heavy atom. The van der Waals surface area contributed by atoms with Gasteiger partial charge in [0.25, 0.3) is 0 Å². The lowest BCUT2D eigenvalue weighted by molar-refractivity contribution is -0.121. The predicted octanol–water partition coefficient (Wildman–Crippen LogP) is 4.62. The Bertz CT molecular complexity index is 1080. The topological polar surface area (TPSA) is 56.1 Å². The molecule has 0 radical (unpaired) electrons. The summed E-state index contributed by atoms with van der Waals surface area (Å²) < 4.78 is 7.46. The average Bonchev–Trinajstić information content (AvgIpc) is 3.24. The minimum Gasteiger partial charge on any atom is -0.493 e. The maximum atomic E-state index is 12.3. The van der Waals surface area contributed by atoms with Crippen LogP contribution >= 0.6 is 0 Å². The maximum Gasteiger partial charge on any atom is 0.223 e. The molecule has 0 bridgehead atoms. The lowest BCUT2D eigenvalue weighted by Crippen LogP contribution is -2.24. The minimum absolute atomic E-state index is 0.0580. The van der Waals surface area contributed by atoms with Crippen molar-refractivity contribution in [3.8, 4) is 22.7 Å². The standard InChI is InChI=1S/C25H23N3O2/c29-24(16-17-30-23-14-8-3-9-15-23)26-18-21-19-28(22-12-6-2-7-13-22)27-25(21)20-10-4-1-5-11-20/h1-15,19H,16-18H2,(H,26,29). The minimum atomic E-state index is -0.0580. The normalized spacial score (nSPS) is 10.5. The number of ether oxygens (including phenoxy) is 1. The van der Waals surface area contributed by atoms with Crippen molar-refractivity contribution in [3.63, 3.8) is 0 Å². The number of para-hydroxylation sites is 2. The summed E-state index contributed by atoms with van der Waals surface area (Å²) in [6, 6.07) is 29.4. The van der Waals surface area contributed by atoms with Gasteiger partial charge in [0.05, 0.1) is 24.4 Å². The van der Waals surface area contributed by atoms with E-state index in [1.165, 1.54) is 0 Å². The molecule has 4 rings (SSSR count). The second-order valence-corrected chi connectivity index (χ2v) is 6.84. The first-order valence-electron chi connectivity index (χ1n) is 9.93. The molecule has 5 heteroatoms. The second kappa shape index (κ2) is 9.56. The van der Waals surface area contributed by atoms with Crippen LogP contribution < -0.4 is 10.1 Å². The highest BCUT2D eigenvalue weighted by molar-refractivity contribution is 5.76. The van der Waals surface area contributed by atoms with Crippen molar-refractivity contribution in [1.82, 2.24) is 15.1 Å². The molecule has 150 valence electrons. The van der Waals surface area contributed by atoms with Crippen molar-refractivity contribution in [2.75, 3.05) is 6.61 Å².